The van der Waals surface area contributed by atoms with Gasteiger partial charge in [-0.3, -0.25) is 10.1 Å². The Kier molecular flexibility index (Phi) is 3.68. The molecule has 19 heavy (non-hydrogen) atoms. The summed E-state index contributed by atoms with van der Waals surface area (Å²) < 4.78 is 6.36. The minimum Gasteiger partial charge on any atom is -0.384 e. The molecule has 1 saturated heterocycles. The quantitative estimate of drug-likeness (QED) is 0.600. The number of ether oxygens (including phenoxy) is 1. The van der Waals surface area contributed by atoms with Crippen LogP contribution in [0.25, 0.3) is 0 Å². The van der Waals surface area contributed by atoms with E-state index in [1.807, 2.05) is 0 Å². The van der Waals surface area contributed by atoms with E-state index in [0.717, 1.165) is 19.3 Å². The molecule has 1 amide bonds. The van der Waals surface area contributed by atoms with Gasteiger partial charge in [0.25, 0.3) is 0 Å². The number of amides is 1. The van der Waals surface area contributed by atoms with E-state index in [-0.39, 0.29) is 17.3 Å². The second kappa shape index (κ2) is 5.25. The molecule has 0 bridgehead atoms. The summed E-state index contributed by atoms with van der Waals surface area (Å²) in [6.45, 7) is 2.77. The summed E-state index contributed by atoms with van der Waals surface area (Å²) in [5.41, 5.74) is -0.0261. The molecule has 2 rings (SSSR count). The van der Waals surface area contributed by atoms with Gasteiger partial charge in [-0.2, -0.15) is 5.10 Å². The van der Waals surface area contributed by atoms with E-state index >= 15 is 0 Å². The predicted octanol–water partition coefficient (Wildman–Crippen LogP) is 1.62. The molecule has 0 aliphatic carbocycles. The molecule has 0 radical (unpaired) electrons. The zero-order valence-corrected chi connectivity index (χ0v) is 11.0. The van der Waals surface area contributed by atoms with Crippen LogP contribution in [0, 0.1) is 17.0 Å². The van der Waals surface area contributed by atoms with E-state index in [2.05, 4.69) is 5.10 Å². The fraction of sp³-hybridized carbons (Fsp3) is 0.636. The maximum Gasteiger partial charge on any atom is 0.416 e. The molecular formula is C11H16N4O4. The number of rotatable bonds is 2. The lowest BCUT2D eigenvalue weighted by Crippen LogP contribution is -2.38. The van der Waals surface area contributed by atoms with Gasteiger partial charge < -0.3 is 9.64 Å². The number of likely N-dealkylation sites (tertiary alicyclic amines) is 1. The summed E-state index contributed by atoms with van der Waals surface area (Å²) in [5.74, 6) is -0.113. The number of carbonyl (C=O) groups is 1. The van der Waals surface area contributed by atoms with Crippen molar-refractivity contribution in [2.45, 2.75) is 26.2 Å². The first-order valence-electron chi connectivity index (χ1n) is 6.15. The highest BCUT2D eigenvalue weighted by atomic mass is 16.6. The SMILES string of the molecule is Cc1nn(C)c(OC(=O)N2CCCCC2)c1[N+](=O)[O-]. The number of hydrogen-bond acceptors (Lipinski definition) is 5. The molecule has 1 aliphatic heterocycles. The lowest BCUT2D eigenvalue weighted by Gasteiger charge is -2.25. The molecule has 0 unspecified atom stereocenters. The van der Waals surface area contributed by atoms with Gasteiger partial charge in [0.2, 0.25) is 0 Å². The summed E-state index contributed by atoms with van der Waals surface area (Å²) in [5, 5.41) is 14.9. The zero-order valence-electron chi connectivity index (χ0n) is 11.0. The third-order valence-electron chi connectivity index (χ3n) is 3.12. The van der Waals surface area contributed by atoms with E-state index in [4.69, 9.17) is 4.74 Å². The van der Waals surface area contributed by atoms with Gasteiger partial charge in [-0.1, -0.05) is 0 Å². The lowest BCUT2D eigenvalue weighted by atomic mass is 10.1. The molecule has 1 fully saturated rings. The first-order chi connectivity index (χ1) is 9.00. The number of aromatic nitrogens is 2. The Morgan fingerprint density at radius 1 is 1.37 bits per heavy atom. The van der Waals surface area contributed by atoms with Crippen molar-refractivity contribution in [3.63, 3.8) is 0 Å². The Morgan fingerprint density at radius 2 is 2.00 bits per heavy atom. The molecule has 0 atom stereocenters. The van der Waals surface area contributed by atoms with Gasteiger partial charge in [0.05, 0.1) is 4.92 Å². The molecular weight excluding hydrogens is 252 g/mol. The van der Waals surface area contributed by atoms with Crippen LogP contribution in [0.3, 0.4) is 0 Å². The van der Waals surface area contributed by atoms with Crippen molar-refractivity contribution in [2.24, 2.45) is 7.05 Å². The number of hydrogen-bond donors (Lipinski definition) is 0. The maximum atomic E-state index is 11.9. The zero-order chi connectivity index (χ0) is 14.0. The van der Waals surface area contributed by atoms with Crippen LogP contribution in [0.5, 0.6) is 5.88 Å². The van der Waals surface area contributed by atoms with Crippen molar-refractivity contribution in [3.05, 3.63) is 15.8 Å². The topological polar surface area (TPSA) is 90.5 Å². The van der Waals surface area contributed by atoms with Gasteiger partial charge in [-0.25, -0.2) is 9.48 Å². The molecule has 1 aromatic rings. The minimum atomic E-state index is -0.582. The van der Waals surface area contributed by atoms with E-state index in [0.29, 0.717) is 13.1 Å². The molecule has 1 aromatic heterocycles. The molecule has 8 heteroatoms. The van der Waals surface area contributed by atoms with Gasteiger partial charge in [0.15, 0.2) is 0 Å². The number of nitrogens with zero attached hydrogens (tertiary/aromatic N) is 4. The summed E-state index contributed by atoms with van der Waals surface area (Å²) in [6.07, 6.45) is 2.41. The molecule has 104 valence electrons. The molecule has 0 spiro atoms. The first kappa shape index (κ1) is 13.3. The summed E-state index contributed by atoms with van der Waals surface area (Å²) >= 11 is 0. The highest BCUT2D eigenvalue weighted by Crippen LogP contribution is 2.30. The summed E-state index contributed by atoms with van der Waals surface area (Å²) in [4.78, 5) is 23.9. The average Bonchev–Trinajstić information content (AvgIpc) is 2.65. The lowest BCUT2D eigenvalue weighted by molar-refractivity contribution is -0.386. The number of nitro groups is 1. The predicted molar refractivity (Wildman–Crippen MR) is 66.0 cm³/mol. The van der Waals surface area contributed by atoms with Crippen molar-refractivity contribution in [1.29, 1.82) is 0 Å². The third kappa shape index (κ3) is 2.67. The minimum absolute atomic E-state index is 0.113. The number of aryl methyl sites for hydroxylation is 2. The fourth-order valence-corrected chi connectivity index (χ4v) is 2.17. The van der Waals surface area contributed by atoms with Crippen LogP contribution in [0.15, 0.2) is 0 Å². The Hall–Kier alpha value is -2.12. The van der Waals surface area contributed by atoms with Crippen LogP contribution in [0.4, 0.5) is 10.5 Å². The Morgan fingerprint density at radius 3 is 2.58 bits per heavy atom. The largest absolute Gasteiger partial charge is 0.416 e. The van der Waals surface area contributed by atoms with Crippen LogP contribution < -0.4 is 4.74 Å². The Bertz CT molecular complexity index is 505. The monoisotopic (exact) mass is 268 g/mol. The summed E-state index contributed by atoms with van der Waals surface area (Å²) in [7, 11) is 1.51. The second-order valence-corrected chi connectivity index (χ2v) is 4.54. The third-order valence-corrected chi connectivity index (χ3v) is 3.12. The number of piperidine rings is 1. The van der Waals surface area contributed by atoms with E-state index in [9.17, 15) is 14.9 Å². The van der Waals surface area contributed by atoms with Crippen LogP contribution >= 0.6 is 0 Å². The van der Waals surface area contributed by atoms with Crippen LogP contribution in [-0.2, 0) is 7.05 Å². The molecule has 1 aliphatic rings. The van der Waals surface area contributed by atoms with Crippen LogP contribution in [-0.4, -0.2) is 38.8 Å². The van der Waals surface area contributed by atoms with Gasteiger partial charge in [-0.05, 0) is 26.2 Å². The van der Waals surface area contributed by atoms with E-state index in [1.165, 1.54) is 18.7 Å². The van der Waals surface area contributed by atoms with Crippen molar-refractivity contribution in [1.82, 2.24) is 14.7 Å². The highest BCUT2D eigenvalue weighted by Gasteiger charge is 2.29. The van der Waals surface area contributed by atoms with Crippen molar-refractivity contribution in [3.8, 4) is 5.88 Å². The first-order valence-corrected chi connectivity index (χ1v) is 6.15. The van der Waals surface area contributed by atoms with Crippen molar-refractivity contribution < 1.29 is 14.5 Å². The van der Waals surface area contributed by atoms with Crippen molar-refractivity contribution in [2.75, 3.05) is 13.1 Å². The normalized spacial score (nSPS) is 15.4. The summed E-state index contributed by atoms with van der Waals surface area (Å²) in [6, 6.07) is 0. The highest BCUT2D eigenvalue weighted by molar-refractivity contribution is 5.72. The van der Waals surface area contributed by atoms with Crippen LogP contribution in [0.1, 0.15) is 25.0 Å². The van der Waals surface area contributed by atoms with Gasteiger partial charge in [0.1, 0.15) is 5.69 Å². The van der Waals surface area contributed by atoms with E-state index < -0.39 is 11.0 Å². The smallest absolute Gasteiger partial charge is 0.384 e. The van der Waals surface area contributed by atoms with Crippen molar-refractivity contribution >= 4 is 11.8 Å². The standard InChI is InChI=1S/C11H16N4O4/c1-8-9(15(17)18)10(13(2)12-8)19-11(16)14-6-4-3-5-7-14/h3-7H2,1-2H3. The van der Waals surface area contributed by atoms with E-state index in [1.54, 1.807) is 4.90 Å². The Balaban J connectivity index is 2.18. The fourth-order valence-electron chi connectivity index (χ4n) is 2.17. The molecule has 0 aromatic carbocycles. The van der Waals surface area contributed by atoms with Gasteiger partial charge >= 0.3 is 17.7 Å². The van der Waals surface area contributed by atoms with Gasteiger partial charge in [-0.15, -0.1) is 0 Å². The molecule has 0 N–H and O–H groups in total. The molecule has 8 nitrogen and oxygen atoms in total. The second-order valence-electron chi connectivity index (χ2n) is 4.54. The van der Waals surface area contributed by atoms with Crippen LogP contribution in [0.2, 0.25) is 0 Å². The van der Waals surface area contributed by atoms with Gasteiger partial charge in [0, 0.05) is 20.1 Å². The average molecular weight is 268 g/mol. The number of carbonyl (C=O) groups excluding carboxylic acids is 1. The molecule has 0 saturated carbocycles. The maximum absolute atomic E-state index is 11.9. The Labute approximate surface area is 110 Å². The molecule has 2 heterocycles.